The maximum Gasteiger partial charge on any atom is 0.410 e. The molecule has 2 saturated heterocycles. The summed E-state index contributed by atoms with van der Waals surface area (Å²) >= 11 is 6.53. The number of rotatable bonds is 6. The summed E-state index contributed by atoms with van der Waals surface area (Å²) in [5.74, 6) is -0.954. The third-order valence-electron chi connectivity index (χ3n) is 7.20. The van der Waals surface area contributed by atoms with Crippen LogP contribution in [0.25, 0.3) is 11.1 Å². The molecule has 2 aliphatic rings. The van der Waals surface area contributed by atoms with E-state index in [2.05, 4.69) is 4.90 Å². The lowest BCUT2D eigenvalue weighted by Gasteiger charge is -2.37. The average molecular weight is 610 g/mol. The van der Waals surface area contributed by atoms with Gasteiger partial charge in [0.2, 0.25) is 15.7 Å². The summed E-state index contributed by atoms with van der Waals surface area (Å²) in [6.07, 6.45) is -0.934. The fraction of sp³-hybridized carbons (Fsp3) is 0.517. The van der Waals surface area contributed by atoms with Gasteiger partial charge in [-0.3, -0.25) is 0 Å². The van der Waals surface area contributed by atoms with Crippen LogP contribution in [0.15, 0.2) is 47.4 Å². The standard InChI is InChI=1S/C29H37ClFN3O6S/c1-5-39-26(35)29(31)12-14-34(15-13-29)41(37,38)25-11-10-21(20-23(25)22-8-6-7-9-24(22)30)32-16-18-33(19-17-32)27(36)40-28(2,3)4/h6-11,20H,5,12-19H2,1-4H3. The van der Waals surface area contributed by atoms with E-state index in [0.717, 1.165) is 5.69 Å². The Hall–Kier alpha value is -2.89. The van der Waals surface area contributed by atoms with Crippen LogP contribution in [0.5, 0.6) is 0 Å². The van der Waals surface area contributed by atoms with Crippen LogP contribution in [-0.4, -0.2) is 86.8 Å². The van der Waals surface area contributed by atoms with E-state index < -0.39 is 27.3 Å². The highest BCUT2D eigenvalue weighted by Gasteiger charge is 2.46. The van der Waals surface area contributed by atoms with E-state index in [0.29, 0.717) is 42.3 Å². The SMILES string of the molecule is CCOC(=O)C1(F)CCN(S(=O)(=O)c2ccc(N3CCN(C(=O)OC(C)(C)C)CC3)cc2-c2ccccc2Cl)CC1. The quantitative estimate of drug-likeness (QED) is 0.420. The zero-order valence-corrected chi connectivity index (χ0v) is 25.4. The first kappa shape index (κ1) is 31.1. The molecule has 0 radical (unpaired) electrons. The van der Waals surface area contributed by atoms with Gasteiger partial charge in [-0.1, -0.05) is 29.8 Å². The van der Waals surface area contributed by atoms with E-state index in [1.54, 1.807) is 54.3 Å². The lowest BCUT2D eigenvalue weighted by molar-refractivity contribution is -0.160. The van der Waals surface area contributed by atoms with Crippen LogP contribution >= 0.6 is 11.6 Å². The Morgan fingerprint density at radius 2 is 1.61 bits per heavy atom. The van der Waals surface area contributed by atoms with Crippen LogP contribution in [0.1, 0.15) is 40.5 Å². The fourth-order valence-corrected chi connectivity index (χ4v) is 6.85. The van der Waals surface area contributed by atoms with Crippen molar-refractivity contribution in [1.29, 1.82) is 0 Å². The number of amides is 1. The number of carbonyl (C=O) groups is 2. The predicted molar refractivity (Wildman–Crippen MR) is 155 cm³/mol. The molecule has 0 aromatic heterocycles. The van der Waals surface area contributed by atoms with Gasteiger partial charge in [-0.05, 0) is 52.0 Å². The van der Waals surface area contributed by atoms with Crippen LogP contribution in [-0.2, 0) is 24.3 Å². The zero-order valence-electron chi connectivity index (χ0n) is 23.9. The Balaban J connectivity index is 1.60. The van der Waals surface area contributed by atoms with Crippen molar-refractivity contribution in [3.05, 3.63) is 47.5 Å². The molecule has 2 aromatic rings. The summed E-state index contributed by atoms with van der Waals surface area (Å²) < 4.78 is 54.5. The first-order valence-electron chi connectivity index (χ1n) is 13.7. The lowest BCUT2D eigenvalue weighted by Crippen LogP contribution is -2.50. The predicted octanol–water partition coefficient (Wildman–Crippen LogP) is 5.12. The Kier molecular flexibility index (Phi) is 9.20. The second-order valence-corrected chi connectivity index (χ2v) is 13.5. The Labute approximate surface area is 246 Å². The number of ether oxygens (including phenoxy) is 2. The number of hydrogen-bond donors (Lipinski definition) is 0. The minimum absolute atomic E-state index is 0.0456. The van der Waals surface area contributed by atoms with Gasteiger partial charge in [0.15, 0.2) is 0 Å². The first-order chi connectivity index (χ1) is 19.2. The maximum atomic E-state index is 15.2. The van der Waals surface area contributed by atoms with Crippen LogP contribution < -0.4 is 4.90 Å². The highest BCUT2D eigenvalue weighted by molar-refractivity contribution is 7.89. The van der Waals surface area contributed by atoms with E-state index >= 15 is 4.39 Å². The highest BCUT2D eigenvalue weighted by atomic mass is 35.5. The van der Waals surface area contributed by atoms with Crippen LogP contribution in [0.4, 0.5) is 14.9 Å². The summed E-state index contributed by atoms with van der Waals surface area (Å²) in [6.45, 7) is 8.78. The van der Waals surface area contributed by atoms with Crippen molar-refractivity contribution < 1.29 is 31.9 Å². The van der Waals surface area contributed by atoms with Crippen molar-refractivity contribution in [3.63, 3.8) is 0 Å². The third-order valence-corrected chi connectivity index (χ3v) is 9.48. The van der Waals surface area contributed by atoms with Crippen molar-refractivity contribution in [1.82, 2.24) is 9.21 Å². The molecule has 2 fully saturated rings. The minimum Gasteiger partial charge on any atom is -0.464 e. The van der Waals surface area contributed by atoms with Gasteiger partial charge >= 0.3 is 12.1 Å². The molecule has 2 aromatic carbocycles. The van der Waals surface area contributed by atoms with Crippen molar-refractivity contribution >= 4 is 39.4 Å². The number of benzene rings is 2. The molecule has 0 spiro atoms. The molecule has 0 atom stereocenters. The molecule has 12 heteroatoms. The van der Waals surface area contributed by atoms with Crippen LogP contribution in [0.3, 0.4) is 0 Å². The largest absolute Gasteiger partial charge is 0.464 e. The molecule has 0 unspecified atom stereocenters. The first-order valence-corrected chi connectivity index (χ1v) is 15.5. The van der Waals surface area contributed by atoms with Crippen LogP contribution in [0.2, 0.25) is 5.02 Å². The summed E-state index contributed by atoms with van der Waals surface area (Å²) in [5.41, 5.74) is -1.04. The Morgan fingerprint density at radius 1 is 0.976 bits per heavy atom. The van der Waals surface area contributed by atoms with Crippen molar-refractivity contribution in [2.24, 2.45) is 0 Å². The van der Waals surface area contributed by atoms with Crippen molar-refractivity contribution in [2.75, 3.05) is 50.8 Å². The molecule has 1 amide bonds. The molecule has 0 saturated carbocycles. The number of halogens is 2. The maximum absolute atomic E-state index is 15.2. The number of hydrogen-bond acceptors (Lipinski definition) is 7. The number of anilines is 1. The van der Waals surface area contributed by atoms with Gasteiger partial charge in [-0.25, -0.2) is 22.4 Å². The number of carbonyl (C=O) groups excluding carboxylic acids is 2. The third kappa shape index (κ3) is 6.95. The smallest absolute Gasteiger partial charge is 0.410 e. The molecular formula is C29H37ClFN3O6S. The lowest BCUT2D eigenvalue weighted by atomic mass is 9.95. The Morgan fingerprint density at radius 3 is 2.20 bits per heavy atom. The molecule has 2 heterocycles. The summed E-state index contributed by atoms with van der Waals surface area (Å²) in [4.78, 5) is 28.4. The van der Waals surface area contributed by atoms with Gasteiger partial charge in [0.1, 0.15) is 5.60 Å². The molecule has 0 aliphatic carbocycles. The van der Waals surface area contributed by atoms with E-state index in [1.807, 2.05) is 20.8 Å². The second-order valence-electron chi connectivity index (χ2n) is 11.2. The van der Waals surface area contributed by atoms with E-state index in [4.69, 9.17) is 21.1 Å². The monoisotopic (exact) mass is 609 g/mol. The number of piperidine rings is 1. The van der Waals surface area contributed by atoms with E-state index in [1.165, 1.54) is 4.31 Å². The number of piperazine rings is 1. The normalized spacial score (nSPS) is 18.2. The number of nitrogens with zero attached hydrogens (tertiary/aromatic N) is 3. The molecule has 0 bridgehead atoms. The zero-order chi connectivity index (χ0) is 30.0. The molecule has 4 rings (SSSR count). The number of esters is 1. The Bertz CT molecular complexity index is 1380. The molecular weight excluding hydrogens is 573 g/mol. The van der Waals surface area contributed by atoms with Crippen molar-refractivity contribution in [2.45, 2.75) is 56.7 Å². The van der Waals surface area contributed by atoms with Gasteiger partial charge in [0.05, 0.1) is 11.5 Å². The number of sulfonamides is 1. The molecule has 0 N–H and O–H groups in total. The topological polar surface area (TPSA) is 96.5 Å². The van der Waals surface area contributed by atoms with Crippen molar-refractivity contribution in [3.8, 4) is 11.1 Å². The average Bonchev–Trinajstić information content (AvgIpc) is 2.92. The summed E-state index contributed by atoms with van der Waals surface area (Å²) in [6, 6.07) is 12.1. The second kappa shape index (κ2) is 12.1. The van der Waals surface area contributed by atoms with Gasteiger partial charge < -0.3 is 19.3 Å². The van der Waals surface area contributed by atoms with Gasteiger partial charge in [-0.15, -0.1) is 0 Å². The summed E-state index contributed by atoms with van der Waals surface area (Å²) in [7, 11) is -4.06. The van der Waals surface area contributed by atoms with E-state index in [-0.39, 0.29) is 43.5 Å². The highest BCUT2D eigenvalue weighted by Crippen LogP contribution is 2.39. The van der Waals surface area contributed by atoms with Gasteiger partial charge in [-0.2, -0.15) is 4.31 Å². The minimum atomic E-state index is -4.06. The molecule has 2 aliphatic heterocycles. The number of alkyl halides is 1. The molecule has 41 heavy (non-hydrogen) atoms. The van der Waals surface area contributed by atoms with Crippen LogP contribution in [0, 0.1) is 0 Å². The fourth-order valence-electron chi connectivity index (χ4n) is 4.99. The summed E-state index contributed by atoms with van der Waals surface area (Å²) in [5, 5.41) is 0.388. The van der Waals surface area contributed by atoms with E-state index in [9.17, 15) is 18.0 Å². The van der Waals surface area contributed by atoms with Gasteiger partial charge in [0.25, 0.3) is 0 Å². The van der Waals surface area contributed by atoms with Gasteiger partial charge in [0, 0.05) is 73.9 Å². The molecule has 9 nitrogen and oxygen atoms in total. The molecule has 224 valence electrons.